The summed E-state index contributed by atoms with van der Waals surface area (Å²) in [5, 5.41) is 12.6. The third kappa shape index (κ3) is 2.28. The maximum absolute atomic E-state index is 4.59. The van der Waals surface area contributed by atoms with E-state index in [9.17, 15) is 0 Å². The van der Waals surface area contributed by atoms with Crippen molar-refractivity contribution in [3.05, 3.63) is 41.7 Å². The number of rotatable bonds is 1. The second kappa shape index (κ2) is 5.01. The molecule has 2 aromatic rings. The average Bonchev–Trinajstić information content (AvgIpc) is 2.72. The number of aromatic amines is 1. The molecule has 0 saturated heterocycles. The van der Waals surface area contributed by atoms with Crippen LogP contribution < -0.4 is 21.7 Å². The normalized spacial score (nSPS) is 13.6. The van der Waals surface area contributed by atoms with Crippen molar-refractivity contribution >= 4 is 17.5 Å². The van der Waals surface area contributed by atoms with Crippen LogP contribution in [0, 0.1) is 6.92 Å². The minimum absolute atomic E-state index is 0. The number of aromatic nitrogens is 3. The van der Waals surface area contributed by atoms with Crippen molar-refractivity contribution in [1.82, 2.24) is 10.2 Å². The van der Waals surface area contributed by atoms with Crippen molar-refractivity contribution in [3.8, 4) is 0 Å². The van der Waals surface area contributed by atoms with Crippen molar-refractivity contribution in [2.45, 2.75) is 12.1 Å². The molecule has 1 aromatic heterocycles. The molecular weight excluding hydrogens is 300 g/mol. The SMILES string of the molecule is Cc1[nH]nc2[n+]1N=C(c1ccccc1)CS2.[Br-]. The van der Waals surface area contributed by atoms with Gasteiger partial charge in [0.15, 0.2) is 0 Å². The Hall–Kier alpha value is -1.14. The topological polar surface area (TPSA) is 44.9 Å². The molecule has 1 aliphatic heterocycles. The van der Waals surface area contributed by atoms with Gasteiger partial charge in [0.25, 0.3) is 5.82 Å². The van der Waals surface area contributed by atoms with Crippen molar-refractivity contribution in [1.29, 1.82) is 0 Å². The first-order valence-corrected chi connectivity index (χ1v) is 6.06. The highest BCUT2D eigenvalue weighted by Gasteiger charge is 2.24. The number of hydrogen-bond acceptors (Lipinski definition) is 3. The molecule has 0 amide bonds. The smallest absolute Gasteiger partial charge is 0.360 e. The minimum atomic E-state index is 0. The van der Waals surface area contributed by atoms with Crippen molar-refractivity contribution in [3.63, 3.8) is 0 Å². The maximum Gasteiger partial charge on any atom is 0.360 e. The highest BCUT2D eigenvalue weighted by atomic mass is 79.9. The molecule has 0 radical (unpaired) electrons. The lowest BCUT2D eigenvalue weighted by Crippen LogP contribution is -3.00. The Balaban J connectivity index is 0.00000108. The van der Waals surface area contributed by atoms with Gasteiger partial charge >= 0.3 is 5.16 Å². The van der Waals surface area contributed by atoms with Crippen LogP contribution in [0.1, 0.15) is 11.4 Å². The van der Waals surface area contributed by atoms with Gasteiger partial charge in [0.05, 0.1) is 16.6 Å². The van der Waals surface area contributed by atoms with Crippen molar-refractivity contribution < 1.29 is 21.7 Å². The largest absolute Gasteiger partial charge is 1.00 e. The second-order valence-electron chi connectivity index (χ2n) is 3.60. The highest BCUT2D eigenvalue weighted by Crippen LogP contribution is 2.17. The predicted octanol–water partition coefficient (Wildman–Crippen LogP) is -1.63. The van der Waals surface area contributed by atoms with E-state index < -0.39 is 0 Å². The lowest BCUT2D eigenvalue weighted by Gasteiger charge is -2.08. The molecule has 3 rings (SSSR count). The number of nitrogens with zero attached hydrogens (tertiary/aromatic N) is 3. The number of benzene rings is 1. The number of halogens is 1. The molecule has 1 aromatic carbocycles. The molecule has 1 aliphatic rings. The van der Waals surface area contributed by atoms with E-state index in [1.165, 1.54) is 5.56 Å². The Morgan fingerprint density at radius 2 is 2.06 bits per heavy atom. The van der Waals surface area contributed by atoms with Gasteiger partial charge in [-0.25, -0.2) is 0 Å². The summed E-state index contributed by atoms with van der Waals surface area (Å²) in [6.07, 6.45) is 0. The van der Waals surface area contributed by atoms with Crippen LogP contribution in [0.5, 0.6) is 0 Å². The molecule has 1 N–H and O–H groups in total. The van der Waals surface area contributed by atoms with Crippen molar-refractivity contribution in [2.24, 2.45) is 5.10 Å². The molecule has 0 atom stereocenters. The second-order valence-corrected chi connectivity index (χ2v) is 4.55. The van der Waals surface area contributed by atoms with Crippen LogP contribution in [0.2, 0.25) is 0 Å². The van der Waals surface area contributed by atoms with E-state index in [1.54, 1.807) is 11.8 Å². The van der Waals surface area contributed by atoms with Gasteiger partial charge in [-0.1, -0.05) is 35.0 Å². The lowest BCUT2D eigenvalue weighted by atomic mass is 10.1. The van der Waals surface area contributed by atoms with E-state index in [1.807, 2.05) is 29.8 Å². The first kappa shape index (κ1) is 12.3. The molecule has 17 heavy (non-hydrogen) atoms. The lowest BCUT2D eigenvalue weighted by molar-refractivity contribution is -0.722. The fraction of sp³-hybridized carbons (Fsp3) is 0.182. The van der Waals surface area contributed by atoms with Crippen LogP contribution >= 0.6 is 11.8 Å². The standard InChI is InChI=1S/C11H10N4S.BrH/c1-8-12-13-11-15(8)14-10(7-16-11)9-5-3-2-4-6-9;/h2-6H,7H2,1H3;1H. The fourth-order valence-electron chi connectivity index (χ4n) is 1.63. The van der Waals surface area contributed by atoms with E-state index in [4.69, 9.17) is 0 Å². The maximum atomic E-state index is 4.59. The molecule has 0 fully saturated rings. The number of aryl methyl sites for hydroxylation is 1. The Kier molecular flexibility index (Phi) is 3.63. The number of thioether (sulfide) groups is 1. The summed E-state index contributed by atoms with van der Waals surface area (Å²) in [5.41, 5.74) is 2.27. The highest BCUT2D eigenvalue weighted by molar-refractivity contribution is 7.99. The first-order valence-electron chi connectivity index (χ1n) is 5.08. The molecular formula is C11H11BrN4S. The van der Waals surface area contributed by atoms with Crippen LogP contribution in [0.4, 0.5) is 0 Å². The monoisotopic (exact) mass is 310 g/mol. The van der Waals surface area contributed by atoms with Gasteiger partial charge in [-0.05, 0) is 17.3 Å². The Labute approximate surface area is 114 Å². The Morgan fingerprint density at radius 3 is 2.82 bits per heavy atom. The number of H-pyrrole nitrogens is 1. The summed E-state index contributed by atoms with van der Waals surface area (Å²) < 4.78 is 1.86. The number of hydrogen-bond donors (Lipinski definition) is 1. The molecule has 0 bridgehead atoms. The molecule has 2 heterocycles. The van der Waals surface area contributed by atoms with E-state index in [0.29, 0.717) is 0 Å². The zero-order valence-corrected chi connectivity index (χ0v) is 11.6. The van der Waals surface area contributed by atoms with E-state index in [0.717, 1.165) is 22.4 Å². The zero-order valence-electron chi connectivity index (χ0n) is 9.22. The van der Waals surface area contributed by atoms with Crippen LogP contribution in [0.15, 0.2) is 40.6 Å². The first-order chi connectivity index (χ1) is 7.84. The third-order valence-electron chi connectivity index (χ3n) is 2.48. The van der Waals surface area contributed by atoms with Crippen LogP contribution in [0.25, 0.3) is 0 Å². The molecule has 4 nitrogen and oxygen atoms in total. The van der Waals surface area contributed by atoms with Gasteiger partial charge in [0.1, 0.15) is 0 Å². The minimum Gasteiger partial charge on any atom is -1.00 e. The van der Waals surface area contributed by atoms with E-state index in [2.05, 4.69) is 27.4 Å². The molecule has 0 unspecified atom stereocenters. The van der Waals surface area contributed by atoms with Crippen LogP contribution in [-0.2, 0) is 0 Å². The molecule has 0 saturated carbocycles. The summed E-state index contributed by atoms with van der Waals surface area (Å²) >= 11 is 1.70. The number of nitrogens with one attached hydrogen (secondary N) is 1. The van der Waals surface area contributed by atoms with Crippen LogP contribution in [0.3, 0.4) is 0 Å². The summed E-state index contributed by atoms with van der Waals surface area (Å²) in [6.45, 7) is 1.97. The quantitative estimate of drug-likeness (QED) is 0.643. The number of fused-ring (bicyclic) bond motifs is 1. The van der Waals surface area contributed by atoms with E-state index >= 15 is 0 Å². The Morgan fingerprint density at radius 1 is 1.29 bits per heavy atom. The predicted molar refractivity (Wildman–Crippen MR) is 62.6 cm³/mol. The van der Waals surface area contributed by atoms with Gasteiger partial charge in [0, 0.05) is 6.92 Å². The third-order valence-corrected chi connectivity index (χ3v) is 3.42. The summed E-state index contributed by atoms with van der Waals surface area (Å²) in [5.74, 6) is 1.82. The molecule has 88 valence electrons. The van der Waals surface area contributed by atoms with Gasteiger partial charge < -0.3 is 17.0 Å². The zero-order chi connectivity index (χ0) is 11.0. The summed E-state index contributed by atoms with van der Waals surface area (Å²) in [7, 11) is 0. The van der Waals surface area contributed by atoms with Crippen molar-refractivity contribution in [2.75, 3.05) is 5.75 Å². The fourth-order valence-corrected chi connectivity index (χ4v) is 2.53. The summed E-state index contributed by atoms with van der Waals surface area (Å²) in [6, 6.07) is 10.2. The van der Waals surface area contributed by atoms with Gasteiger partial charge in [-0.15, -0.1) is 10.2 Å². The van der Waals surface area contributed by atoms with Gasteiger partial charge in [-0.3, -0.25) is 0 Å². The average molecular weight is 311 g/mol. The molecule has 0 spiro atoms. The Bertz CT molecular complexity index is 550. The van der Waals surface area contributed by atoms with E-state index in [-0.39, 0.29) is 17.0 Å². The molecule has 6 heteroatoms. The van der Waals surface area contributed by atoms with Crippen LogP contribution in [-0.4, -0.2) is 21.7 Å². The van der Waals surface area contributed by atoms with Gasteiger partial charge in [-0.2, -0.15) is 0 Å². The molecule has 0 aliphatic carbocycles. The summed E-state index contributed by atoms with van der Waals surface area (Å²) in [4.78, 5) is 0. The van der Waals surface area contributed by atoms with Gasteiger partial charge in [0.2, 0.25) is 0 Å².